The first kappa shape index (κ1) is 10.8. The molecule has 0 saturated carbocycles. The van der Waals surface area contributed by atoms with Crippen LogP contribution in [0, 0.1) is 0 Å². The first-order chi connectivity index (χ1) is 7.74. The minimum atomic E-state index is 0.419. The molecule has 0 fully saturated rings. The number of nitrogen functional groups attached to an aromatic ring is 1. The summed E-state index contributed by atoms with van der Waals surface area (Å²) in [4.78, 5) is 4.13. The summed E-state index contributed by atoms with van der Waals surface area (Å²) in [7, 11) is 0. The molecule has 1 heterocycles. The Morgan fingerprint density at radius 1 is 1.12 bits per heavy atom. The number of rotatable bonds is 3. The zero-order valence-electron chi connectivity index (χ0n) is 8.56. The SMILES string of the molecule is Nc1ccc(COc2ccc(Cl)cc2)nc1. The van der Waals surface area contributed by atoms with E-state index in [0.717, 1.165) is 11.4 Å². The Morgan fingerprint density at radius 2 is 1.88 bits per heavy atom. The van der Waals surface area contributed by atoms with E-state index in [0.29, 0.717) is 17.3 Å². The Morgan fingerprint density at radius 3 is 2.50 bits per heavy atom. The molecule has 0 aliphatic carbocycles. The second-order valence-electron chi connectivity index (χ2n) is 3.33. The number of nitrogens with two attached hydrogens (primary N) is 1. The number of halogens is 1. The van der Waals surface area contributed by atoms with Crippen LogP contribution in [-0.2, 0) is 6.61 Å². The van der Waals surface area contributed by atoms with Crippen molar-refractivity contribution in [3.8, 4) is 5.75 Å². The fourth-order valence-electron chi connectivity index (χ4n) is 1.21. The third kappa shape index (κ3) is 2.87. The van der Waals surface area contributed by atoms with E-state index in [1.54, 1.807) is 24.4 Å². The van der Waals surface area contributed by atoms with Gasteiger partial charge in [-0.1, -0.05) is 11.6 Å². The van der Waals surface area contributed by atoms with Crippen molar-refractivity contribution in [1.29, 1.82) is 0 Å². The molecule has 2 aromatic rings. The molecule has 16 heavy (non-hydrogen) atoms. The average Bonchev–Trinajstić information content (AvgIpc) is 2.30. The molecule has 2 N–H and O–H groups in total. The van der Waals surface area contributed by atoms with Crippen LogP contribution in [0.4, 0.5) is 5.69 Å². The fraction of sp³-hybridized carbons (Fsp3) is 0.0833. The Balaban J connectivity index is 1.97. The van der Waals surface area contributed by atoms with Crippen molar-refractivity contribution in [2.24, 2.45) is 0 Å². The third-order valence-corrected chi connectivity index (χ3v) is 2.30. The Kier molecular flexibility index (Phi) is 3.27. The number of hydrogen-bond acceptors (Lipinski definition) is 3. The summed E-state index contributed by atoms with van der Waals surface area (Å²) in [6.45, 7) is 0.419. The van der Waals surface area contributed by atoms with Gasteiger partial charge in [-0.25, -0.2) is 0 Å². The minimum Gasteiger partial charge on any atom is -0.487 e. The van der Waals surface area contributed by atoms with Crippen molar-refractivity contribution >= 4 is 17.3 Å². The van der Waals surface area contributed by atoms with Crippen LogP contribution in [-0.4, -0.2) is 4.98 Å². The van der Waals surface area contributed by atoms with E-state index >= 15 is 0 Å². The van der Waals surface area contributed by atoms with Gasteiger partial charge in [0, 0.05) is 5.02 Å². The molecule has 0 unspecified atom stereocenters. The second-order valence-corrected chi connectivity index (χ2v) is 3.76. The maximum Gasteiger partial charge on any atom is 0.130 e. The van der Waals surface area contributed by atoms with E-state index in [9.17, 15) is 0 Å². The predicted octanol–water partition coefficient (Wildman–Crippen LogP) is 2.90. The van der Waals surface area contributed by atoms with Crippen LogP contribution in [0.2, 0.25) is 5.02 Å². The van der Waals surface area contributed by atoms with Gasteiger partial charge in [0.25, 0.3) is 0 Å². The lowest BCUT2D eigenvalue weighted by Gasteiger charge is -2.05. The van der Waals surface area contributed by atoms with Gasteiger partial charge in [0.15, 0.2) is 0 Å². The van der Waals surface area contributed by atoms with Crippen LogP contribution in [0.25, 0.3) is 0 Å². The number of ether oxygens (including phenoxy) is 1. The number of hydrogen-bond donors (Lipinski definition) is 1. The molecular formula is C12H11ClN2O. The van der Waals surface area contributed by atoms with Gasteiger partial charge >= 0.3 is 0 Å². The molecule has 0 aliphatic rings. The summed E-state index contributed by atoms with van der Waals surface area (Å²) in [6.07, 6.45) is 1.61. The van der Waals surface area contributed by atoms with Crippen LogP contribution in [0.3, 0.4) is 0 Å². The largest absolute Gasteiger partial charge is 0.487 e. The van der Waals surface area contributed by atoms with Crippen LogP contribution in [0.5, 0.6) is 5.75 Å². The molecule has 0 bridgehead atoms. The Labute approximate surface area is 98.8 Å². The van der Waals surface area contributed by atoms with E-state index in [1.165, 1.54) is 0 Å². The number of nitrogens with zero attached hydrogens (tertiary/aromatic N) is 1. The molecule has 2 rings (SSSR count). The van der Waals surface area contributed by atoms with Crippen LogP contribution < -0.4 is 10.5 Å². The lowest BCUT2D eigenvalue weighted by Crippen LogP contribution is -1.98. The highest BCUT2D eigenvalue weighted by Gasteiger charge is 1.97. The monoisotopic (exact) mass is 234 g/mol. The fourth-order valence-corrected chi connectivity index (χ4v) is 1.34. The number of anilines is 1. The molecule has 0 radical (unpaired) electrons. The minimum absolute atomic E-state index is 0.419. The highest BCUT2D eigenvalue weighted by atomic mass is 35.5. The summed E-state index contributed by atoms with van der Waals surface area (Å²) >= 11 is 5.76. The van der Waals surface area contributed by atoms with Crippen molar-refractivity contribution in [2.75, 3.05) is 5.73 Å². The van der Waals surface area contributed by atoms with Gasteiger partial charge in [-0.3, -0.25) is 4.98 Å². The van der Waals surface area contributed by atoms with Crippen molar-refractivity contribution in [1.82, 2.24) is 4.98 Å². The Hall–Kier alpha value is -1.74. The van der Waals surface area contributed by atoms with Crippen LogP contribution in [0.15, 0.2) is 42.6 Å². The van der Waals surface area contributed by atoms with E-state index in [4.69, 9.17) is 22.1 Å². The Bertz CT molecular complexity index is 408. The molecule has 82 valence electrons. The van der Waals surface area contributed by atoms with E-state index in [2.05, 4.69) is 4.98 Å². The molecule has 3 nitrogen and oxygen atoms in total. The molecular weight excluding hydrogens is 224 g/mol. The highest BCUT2D eigenvalue weighted by molar-refractivity contribution is 6.30. The average molecular weight is 235 g/mol. The normalized spacial score (nSPS) is 10.1. The van der Waals surface area contributed by atoms with Crippen molar-refractivity contribution in [3.05, 3.63) is 53.3 Å². The molecule has 4 heteroatoms. The van der Waals surface area contributed by atoms with Crippen LogP contribution >= 0.6 is 11.6 Å². The standard InChI is InChI=1S/C12H11ClN2O/c13-9-1-5-12(6-2-9)16-8-11-4-3-10(14)7-15-11/h1-7H,8,14H2. The lowest BCUT2D eigenvalue weighted by atomic mass is 10.3. The van der Waals surface area contributed by atoms with Crippen molar-refractivity contribution < 1.29 is 4.74 Å². The first-order valence-electron chi connectivity index (χ1n) is 4.83. The van der Waals surface area contributed by atoms with E-state index in [1.807, 2.05) is 18.2 Å². The van der Waals surface area contributed by atoms with Crippen molar-refractivity contribution in [3.63, 3.8) is 0 Å². The number of aromatic nitrogens is 1. The zero-order chi connectivity index (χ0) is 11.4. The molecule has 0 amide bonds. The van der Waals surface area contributed by atoms with Gasteiger partial charge in [0.2, 0.25) is 0 Å². The van der Waals surface area contributed by atoms with Gasteiger partial charge in [-0.2, -0.15) is 0 Å². The smallest absolute Gasteiger partial charge is 0.130 e. The molecule has 0 spiro atoms. The zero-order valence-corrected chi connectivity index (χ0v) is 9.32. The highest BCUT2D eigenvalue weighted by Crippen LogP contribution is 2.16. The molecule has 1 aromatic carbocycles. The maximum atomic E-state index is 5.76. The third-order valence-electron chi connectivity index (χ3n) is 2.05. The van der Waals surface area contributed by atoms with Gasteiger partial charge in [0.1, 0.15) is 12.4 Å². The first-order valence-corrected chi connectivity index (χ1v) is 5.20. The summed E-state index contributed by atoms with van der Waals surface area (Å²) < 4.78 is 5.52. The quantitative estimate of drug-likeness (QED) is 0.888. The summed E-state index contributed by atoms with van der Waals surface area (Å²) in [5.41, 5.74) is 7.02. The molecule has 0 aliphatic heterocycles. The van der Waals surface area contributed by atoms with Gasteiger partial charge < -0.3 is 10.5 Å². The molecule has 0 atom stereocenters. The second kappa shape index (κ2) is 4.86. The summed E-state index contributed by atoms with van der Waals surface area (Å²) in [5, 5.41) is 0.693. The summed E-state index contributed by atoms with van der Waals surface area (Å²) in [5.74, 6) is 0.767. The van der Waals surface area contributed by atoms with Crippen molar-refractivity contribution in [2.45, 2.75) is 6.61 Å². The summed E-state index contributed by atoms with van der Waals surface area (Å²) in [6, 6.07) is 10.8. The lowest BCUT2D eigenvalue weighted by molar-refractivity contribution is 0.301. The van der Waals surface area contributed by atoms with Gasteiger partial charge in [-0.15, -0.1) is 0 Å². The topological polar surface area (TPSA) is 48.1 Å². The molecule has 1 aromatic heterocycles. The predicted molar refractivity (Wildman–Crippen MR) is 64.4 cm³/mol. The number of pyridine rings is 1. The maximum absolute atomic E-state index is 5.76. The van der Waals surface area contributed by atoms with E-state index in [-0.39, 0.29) is 0 Å². The van der Waals surface area contributed by atoms with Gasteiger partial charge in [0.05, 0.1) is 17.6 Å². The van der Waals surface area contributed by atoms with Gasteiger partial charge in [-0.05, 0) is 36.4 Å². The van der Waals surface area contributed by atoms with E-state index < -0.39 is 0 Å². The van der Waals surface area contributed by atoms with Crippen LogP contribution in [0.1, 0.15) is 5.69 Å². The molecule has 0 saturated heterocycles. The number of benzene rings is 1.